The monoisotopic (exact) mass is 296 g/mol. The maximum absolute atomic E-state index is 12.0. The summed E-state index contributed by atoms with van der Waals surface area (Å²) in [5.41, 5.74) is 1.46. The molecule has 0 radical (unpaired) electrons. The van der Waals surface area contributed by atoms with Crippen LogP contribution in [0.5, 0.6) is 0 Å². The molecule has 100 valence electrons. The Hall–Kier alpha value is -1.17. The molecule has 2 aromatic rings. The van der Waals surface area contributed by atoms with Gasteiger partial charge in [0.1, 0.15) is 0 Å². The predicted octanol–water partition coefficient (Wildman–Crippen LogP) is 2.86. The lowest BCUT2D eigenvalue weighted by molar-refractivity contribution is 0.0858. The summed E-state index contributed by atoms with van der Waals surface area (Å²) < 4.78 is 6.89. The van der Waals surface area contributed by atoms with Crippen LogP contribution in [0.4, 0.5) is 0 Å². The van der Waals surface area contributed by atoms with Crippen molar-refractivity contribution in [3.05, 3.63) is 28.2 Å². The Labute approximate surface area is 119 Å². The molecule has 0 aliphatic carbocycles. The molecule has 19 heavy (non-hydrogen) atoms. The first-order chi connectivity index (χ1) is 9.22. The lowest BCUT2D eigenvalue weighted by Gasteiger charge is -2.10. The summed E-state index contributed by atoms with van der Waals surface area (Å²) in [6.45, 7) is 1.37. The molecule has 1 aromatic heterocycles. The Morgan fingerprint density at radius 2 is 2.47 bits per heavy atom. The fourth-order valence-corrected chi connectivity index (χ4v) is 3.22. The molecule has 1 fully saturated rings. The van der Waals surface area contributed by atoms with Crippen molar-refractivity contribution in [1.82, 2.24) is 10.3 Å². The van der Waals surface area contributed by atoms with E-state index in [1.165, 1.54) is 11.3 Å². The van der Waals surface area contributed by atoms with E-state index in [9.17, 15) is 4.79 Å². The summed E-state index contributed by atoms with van der Waals surface area (Å²) in [5.74, 6) is -0.0816. The van der Waals surface area contributed by atoms with Crippen LogP contribution in [-0.4, -0.2) is 30.1 Å². The number of hydrogen-bond acceptors (Lipinski definition) is 4. The van der Waals surface area contributed by atoms with Crippen LogP contribution in [0.3, 0.4) is 0 Å². The highest BCUT2D eigenvalue weighted by atomic mass is 35.5. The Morgan fingerprint density at radius 3 is 3.26 bits per heavy atom. The molecule has 1 aliphatic rings. The molecule has 2 heterocycles. The second-order valence-corrected chi connectivity index (χ2v) is 6.11. The van der Waals surface area contributed by atoms with Gasteiger partial charge in [-0.1, -0.05) is 11.6 Å². The van der Waals surface area contributed by atoms with Crippen molar-refractivity contribution in [2.24, 2.45) is 0 Å². The molecular weight excluding hydrogens is 284 g/mol. The van der Waals surface area contributed by atoms with Gasteiger partial charge in [0, 0.05) is 18.7 Å². The van der Waals surface area contributed by atoms with Crippen LogP contribution in [0.2, 0.25) is 4.47 Å². The van der Waals surface area contributed by atoms with Gasteiger partial charge in [0.25, 0.3) is 5.91 Å². The number of carbonyl (C=O) groups excluding carboxylic acids is 1. The van der Waals surface area contributed by atoms with Crippen molar-refractivity contribution in [2.75, 3.05) is 13.2 Å². The lowest BCUT2D eigenvalue weighted by Crippen LogP contribution is -2.31. The highest BCUT2D eigenvalue weighted by molar-refractivity contribution is 7.22. The van der Waals surface area contributed by atoms with Gasteiger partial charge in [-0.05, 0) is 31.0 Å². The largest absolute Gasteiger partial charge is 0.376 e. The van der Waals surface area contributed by atoms with E-state index in [2.05, 4.69) is 10.3 Å². The summed E-state index contributed by atoms with van der Waals surface area (Å²) in [7, 11) is 0. The SMILES string of the molecule is O=C(NCC1CCCO1)c1ccc2nc(Cl)sc2c1. The average molecular weight is 297 g/mol. The first-order valence-corrected chi connectivity index (χ1v) is 7.38. The maximum atomic E-state index is 12.0. The minimum absolute atomic E-state index is 0.0816. The third-order valence-corrected chi connectivity index (χ3v) is 4.26. The highest BCUT2D eigenvalue weighted by Crippen LogP contribution is 2.26. The molecule has 1 amide bonds. The number of amides is 1. The van der Waals surface area contributed by atoms with Crippen LogP contribution >= 0.6 is 22.9 Å². The topological polar surface area (TPSA) is 51.2 Å². The Kier molecular flexibility index (Phi) is 3.68. The van der Waals surface area contributed by atoms with Crippen molar-refractivity contribution in [2.45, 2.75) is 18.9 Å². The first kappa shape index (κ1) is 12.8. The zero-order valence-electron chi connectivity index (χ0n) is 10.2. The zero-order chi connectivity index (χ0) is 13.2. The third kappa shape index (κ3) is 2.88. The molecule has 1 aliphatic heterocycles. The molecule has 1 atom stereocenters. The Morgan fingerprint density at radius 1 is 1.58 bits per heavy atom. The Bertz CT molecular complexity index is 608. The fraction of sp³-hybridized carbons (Fsp3) is 0.385. The third-order valence-electron chi connectivity index (χ3n) is 3.14. The number of halogens is 1. The van der Waals surface area contributed by atoms with Gasteiger partial charge >= 0.3 is 0 Å². The maximum Gasteiger partial charge on any atom is 0.251 e. The van der Waals surface area contributed by atoms with Gasteiger partial charge in [0.05, 0.1) is 16.3 Å². The molecule has 0 bridgehead atoms. The average Bonchev–Trinajstić information content (AvgIpc) is 3.02. The van der Waals surface area contributed by atoms with Gasteiger partial charge in [-0.2, -0.15) is 0 Å². The van der Waals surface area contributed by atoms with Crippen LogP contribution in [0.25, 0.3) is 10.2 Å². The number of benzene rings is 1. The van der Waals surface area contributed by atoms with E-state index in [0.717, 1.165) is 29.7 Å². The van der Waals surface area contributed by atoms with E-state index in [-0.39, 0.29) is 12.0 Å². The van der Waals surface area contributed by atoms with Gasteiger partial charge in [-0.15, -0.1) is 11.3 Å². The minimum Gasteiger partial charge on any atom is -0.376 e. The van der Waals surface area contributed by atoms with E-state index in [1.54, 1.807) is 6.07 Å². The van der Waals surface area contributed by atoms with E-state index >= 15 is 0 Å². The second kappa shape index (κ2) is 5.45. The number of nitrogens with one attached hydrogen (secondary N) is 1. The van der Waals surface area contributed by atoms with Gasteiger partial charge in [0.15, 0.2) is 4.47 Å². The van der Waals surface area contributed by atoms with Crippen molar-refractivity contribution in [1.29, 1.82) is 0 Å². The zero-order valence-corrected chi connectivity index (χ0v) is 11.8. The highest BCUT2D eigenvalue weighted by Gasteiger charge is 2.17. The van der Waals surface area contributed by atoms with Crippen molar-refractivity contribution >= 4 is 39.1 Å². The van der Waals surface area contributed by atoms with E-state index < -0.39 is 0 Å². The van der Waals surface area contributed by atoms with Gasteiger partial charge < -0.3 is 10.1 Å². The molecular formula is C13H13ClN2O2S. The summed E-state index contributed by atoms with van der Waals surface area (Å²) in [4.78, 5) is 16.2. The standard InChI is InChI=1S/C13H13ClN2O2S/c14-13-16-10-4-3-8(6-11(10)19-13)12(17)15-7-9-2-1-5-18-9/h3-4,6,9H,1-2,5,7H2,(H,15,17). The second-order valence-electron chi connectivity index (χ2n) is 4.49. The molecule has 1 N–H and O–H groups in total. The van der Waals surface area contributed by atoms with Crippen LogP contribution in [-0.2, 0) is 4.74 Å². The smallest absolute Gasteiger partial charge is 0.251 e. The summed E-state index contributed by atoms with van der Waals surface area (Å²) in [6, 6.07) is 5.41. The van der Waals surface area contributed by atoms with E-state index in [1.807, 2.05) is 12.1 Å². The van der Waals surface area contributed by atoms with E-state index in [0.29, 0.717) is 16.6 Å². The number of aromatic nitrogens is 1. The van der Waals surface area contributed by atoms with Crippen LogP contribution in [0.15, 0.2) is 18.2 Å². The van der Waals surface area contributed by atoms with Crippen molar-refractivity contribution in [3.8, 4) is 0 Å². The van der Waals surface area contributed by atoms with Crippen molar-refractivity contribution < 1.29 is 9.53 Å². The summed E-state index contributed by atoms with van der Waals surface area (Å²) in [6.07, 6.45) is 2.25. The Balaban J connectivity index is 1.69. The molecule has 1 aromatic carbocycles. The molecule has 0 spiro atoms. The fourth-order valence-electron chi connectivity index (χ4n) is 2.15. The normalized spacial score (nSPS) is 18.9. The molecule has 1 unspecified atom stereocenters. The minimum atomic E-state index is -0.0816. The molecule has 3 rings (SSSR count). The number of hydrogen-bond donors (Lipinski definition) is 1. The number of ether oxygens (including phenoxy) is 1. The van der Waals surface area contributed by atoms with Crippen molar-refractivity contribution in [3.63, 3.8) is 0 Å². The molecule has 6 heteroatoms. The van der Waals surface area contributed by atoms with Gasteiger partial charge in [-0.3, -0.25) is 4.79 Å². The van der Waals surface area contributed by atoms with Crippen LogP contribution in [0.1, 0.15) is 23.2 Å². The number of thiazole rings is 1. The number of fused-ring (bicyclic) bond motifs is 1. The van der Waals surface area contributed by atoms with Crippen LogP contribution < -0.4 is 5.32 Å². The van der Waals surface area contributed by atoms with E-state index in [4.69, 9.17) is 16.3 Å². The molecule has 0 saturated carbocycles. The predicted molar refractivity (Wildman–Crippen MR) is 75.9 cm³/mol. The number of nitrogens with zero attached hydrogens (tertiary/aromatic N) is 1. The van der Waals surface area contributed by atoms with Gasteiger partial charge in [-0.25, -0.2) is 4.98 Å². The summed E-state index contributed by atoms with van der Waals surface area (Å²) >= 11 is 7.23. The van der Waals surface area contributed by atoms with Gasteiger partial charge in [0.2, 0.25) is 0 Å². The molecule has 4 nitrogen and oxygen atoms in total. The molecule has 1 saturated heterocycles. The first-order valence-electron chi connectivity index (χ1n) is 6.18. The quantitative estimate of drug-likeness (QED) is 0.947. The number of rotatable bonds is 3. The summed E-state index contributed by atoms with van der Waals surface area (Å²) in [5, 5.41) is 2.90. The number of carbonyl (C=O) groups is 1. The lowest BCUT2D eigenvalue weighted by atomic mass is 10.2. The van der Waals surface area contributed by atoms with Crippen LogP contribution in [0, 0.1) is 0 Å².